The van der Waals surface area contributed by atoms with Crippen LogP contribution < -0.4 is 0 Å². The second kappa shape index (κ2) is 4.97. The monoisotopic (exact) mass is 250 g/mol. The van der Waals surface area contributed by atoms with Crippen LogP contribution in [-0.4, -0.2) is 51.7 Å². The quantitative estimate of drug-likeness (QED) is 0.794. The molecule has 18 heavy (non-hydrogen) atoms. The lowest BCUT2D eigenvalue weighted by Gasteiger charge is -2.47. The molecule has 1 aromatic heterocycles. The maximum Gasteiger partial charge on any atom is 0.223 e. The van der Waals surface area contributed by atoms with Crippen LogP contribution in [0.5, 0.6) is 0 Å². The van der Waals surface area contributed by atoms with Crippen LogP contribution >= 0.6 is 0 Å². The van der Waals surface area contributed by atoms with Crippen LogP contribution in [0.25, 0.3) is 0 Å². The Labute approximate surface area is 108 Å². The summed E-state index contributed by atoms with van der Waals surface area (Å²) in [6.45, 7) is 8.58. The third kappa shape index (κ3) is 2.42. The van der Waals surface area contributed by atoms with Crippen molar-refractivity contribution >= 4 is 0 Å². The maximum absolute atomic E-state index is 5.05. The van der Waals surface area contributed by atoms with Gasteiger partial charge in [-0.1, -0.05) is 11.6 Å². The van der Waals surface area contributed by atoms with Crippen molar-refractivity contribution in [1.29, 1.82) is 0 Å². The molecule has 2 saturated heterocycles. The van der Waals surface area contributed by atoms with E-state index in [0.29, 0.717) is 11.9 Å². The number of aryl methyl sites for hydroxylation is 1. The molecule has 0 aliphatic carbocycles. The van der Waals surface area contributed by atoms with Gasteiger partial charge >= 0.3 is 0 Å². The molecule has 5 heteroatoms. The third-order valence-electron chi connectivity index (χ3n) is 4.23. The summed E-state index contributed by atoms with van der Waals surface area (Å²) in [5.41, 5.74) is 0. The molecule has 3 heterocycles. The Morgan fingerprint density at radius 1 is 1.33 bits per heavy atom. The predicted molar refractivity (Wildman–Crippen MR) is 68.1 cm³/mol. The molecule has 0 spiro atoms. The van der Waals surface area contributed by atoms with Gasteiger partial charge in [0.1, 0.15) is 0 Å². The van der Waals surface area contributed by atoms with Gasteiger partial charge < -0.3 is 4.52 Å². The van der Waals surface area contributed by atoms with E-state index < -0.39 is 0 Å². The zero-order chi connectivity index (χ0) is 12.5. The van der Waals surface area contributed by atoms with Gasteiger partial charge in [0.05, 0.1) is 6.54 Å². The fourth-order valence-electron chi connectivity index (χ4n) is 3.22. The highest BCUT2D eigenvalue weighted by Gasteiger charge is 2.33. The molecule has 2 atom stereocenters. The summed E-state index contributed by atoms with van der Waals surface area (Å²) < 4.78 is 5.05. The molecule has 100 valence electrons. The average molecular weight is 250 g/mol. The van der Waals surface area contributed by atoms with Gasteiger partial charge in [0.2, 0.25) is 5.89 Å². The molecule has 2 aliphatic heterocycles. The fourth-order valence-corrected chi connectivity index (χ4v) is 3.22. The Balaban J connectivity index is 1.65. The molecule has 2 fully saturated rings. The molecule has 0 saturated carbocycles. The van der Waals surface area contributed by atoms with E-state index >= 15 is 0 Å². The van der Waals surface area contributed by atoms with E-state index in [9.17, 15) is 0 Å². The molecule has 3 rings (SSSR count). The minimum Gasteiger partial charge on any atom is -0.340 e. The number of nitrogens with zero attached hydrogens (tertiary/aromatic N) is 4. The first-order chi connectivity index (χ1) is 8.72. The molecular formula is C13H22N4O. The SMILES string of the molecule is Cc1nc(CN2CC3CCCCN3CC2C)no1. The van der Waals surface area contributed by atoms with E-state index in [1.807, 2.05) is 6.92 Å². The third-order valence-corrected chi connectivity index (χ3v) is 4.23. The molecule has 0 aromatic carbocycles. The lowest BCUT2D eigenvalue weighted by atomic mass is 9.97. The lowest BCUT2D eigenvalue weighted by Crippen LogP contribution is -2.58. The van der Waals surface area contributed by atoms with Gasteiger partial charge in [-0.05, 0) is 26.3 Å². The normalized spacial score (nSPS) is 30.3. The first kappa shape index (κ1) is 12.1. The van der Waals surface area contributed by atoms with E-state index in [1.165, 1.54) is 32.4 Å². The highest BCUT2D eigenvalue weighted by Crippen LogP contribution is 2.24. The molecule has 0 bridgehead atoms. The molecule has 1 aromatic rings. The molecular weight excluding hydrogens is 228 g/mol. The van der Waals surface area contributed by atoms with Crippen LogP contribution in [0.1, 0.15) is 37.9 Å². The summed E-state index contributed by atoms with van der Waals surface area (Å²) >= 11 is 0. The fraction of sp³-hybridized carbons (Fsp3) is 0.846. The summed E-state index contributed by atoms with van der Waals surface area (Å²) in [5.74, 6) is 1.48. The van der Waals surface area contributed by atoms with Crippen molar-refractivity contribution in [3.05, 3.63) is 11.7 Å². The van der Waals surface area contributed by atoms with Crippen LogP contribution in [0.2, 0.25) is 0 Å². The highest BCUT2D eigenvalue weighted by molar-refractivity contribution is 4.92. The van der Waals surface area contributed by atoms with Gasteiger partial charge in [0, 0.05) is 32.1 Å². The second-order valence-corrected chi connectivity index (χ2v) is 5.65. The molecule has 2 aliphatic rings. The van der Waals surface area contributed by atoms with Gasteiger partial charge in [0.15, 0.2) is 5.82 Å². The zero-order valence-electron chi connectivity index (χ0n) is 11.3. The molecule has 2 unspecified atom stereocenters. The molecule has 0 N–H and O–H groups in total. The predicted octanol–water partition coefficient (Wildman–Crippen LogP) is 1.44. The Bertz CT molecular complexity index is 405. The van der Waals surface area contributed by atoms with Crippen LogP contribution in [0.15, 0.2) is 4.52 Å². The number of fused-ring (bicyclic) bond motifs is 1. The summed E-state index contributed by atoms with van der Waals surface area (Å²) in [5, 5.41) is 4.01. The number of piperazine rings is 1. The second-order valence-electron chi connectivity index (χ2n) is 5.65. The number of hydrogen-bond acceptors (Lipinski definition) is 5. The van der Waals surface area contributed by atoms with E-state index in [2.05, 4.69) is 26.9 Å². The highest BCUT2D eigenvalue weighted by atomic mass is 16.5. The molecule has 0 amide bonds. The largest absolute Gasteiger partial charge is 0.340 e. The Morgan fingerprint density at radius 3 is 3.00 bits per heavy atom. The number of aromatic nitrogens is 2. The topological polar surface area (TPSA) is 45.4 Å². The van der Waals surface area contributed by atoms with Gasteiger partial charge in [0.25, 0.3) is 0 Å². The van der Waals surface area contributed by atoms with Gasteiger partial charge in [-0.25, -0.2) is 0 Å². The van der Waals surface area contributed by atoms with Crippen LogP contribution in [0, 0.1) is 6.92 Å². The molecule has 5 nitrogen and oxygen atoms in total. The summed E-state index contributed by atoms with van der Waals surface area (Å²) in [6, 6.07) is 1.32. The van der Waals surface area contributed by atoms with Crippen molar-refractivity contribution in [2.45, 2.75) is 51.7 Å². The lowest BCUT2D eigenvalue weighted by molar-refractivity contribution is 0.00955. The van der Waals surface area contributed by atoms with Crippen molar-refractivity contribution < 1.29 is 4.52 Å². The van der Waals surface area contributed by atoms with Gasteiger partial charge in [-0.2, -0.15) is 4.98 Å². The Hall–Kier alpha value is -0.940. The standard InChI is InChI=1S/C13H22N4O/c1-10-7-16-6-4-3-5-12(16)8-17(10)9-13-14-11(2)18-15-13/h10,12H,3-9H2,1-2H3. The molecule has 0 radical (unpaired) electrons. The minimum atomic E-state index is 0.582. The van der Waals surface area contributed by atoms with Gasteiger partial charge in [-0.3, -0.25) is 9.80 Å². The van der Waals surface area contributed by atoms with Crippen molar-refractivity contribution in [2.24, 2.45) is 0 Å². The average Bonchev–Trinajstić information content (AvgIpc) is 2.76. The van der Waals surface area contributed by atoms with E-state index in [-0.39, 0.29) is 0 Å². The van der Waals surface area contributed by atoms with Crippen molar-refractivity contribution in [1.82, 2.24) is 19.9 Å². The summed E-state index contributed by atoms with van der Waals surface area (Å²) in [6.07, 6.45) is 4.09. The van der Waals surface area contributed by atoms with Crippen molar-refractivity contribution in [3.8, 4) is 0 Å². The number of rotatable bonds is 2. The van der Waals surface area contributed by atoms with E-state index in [1.54, 1.807) is 0 Å². The summed E-state index contributed by atoms with van der Waals surface area (Å²) in [4.78, 5) is 9.47. The first-order valence-electron chi connectivity index (χ1n) is 6.99. The minimum absolute atomic E-state index is 0.582. The van der Waals surface area contributed by atoms with E-state index in [4.69, 9.17) is 4.52 Å². The smallest absolute Gasteiger partial charge is 0.223 e. The number of hydrogen-bond donors (Lipinski definition) is 0. The van der Waals surface area contributed by atoms with Crippen LogP contribution in [-0.2, 0) is 6.54 Å². The Morgan fingerprint density at radius 2 is 2.22 bits per heavy atom. The first-order valence-corrected chi connectivity index (χ1v) is 6.99. The van der Waals surface area contributed by atoms with Crippen molar-refractivity contribution in [2.75, 3.05) is 19.6 Å². The Kier molecular flexibility index (Phi) is 3.35. The summed E-state index contributed by atoms with van der Waals surface area (Å²) in [7, 11) is 0. The van der Waals surface area contributed by atoms with Crippen LogP contribution in [0.3, 0.4) is 0 Å². The van der Waals surface area contributed by atoms with Gasteiger partial charge in [-0.15, -0.1) is 0 Å². The zero-order valence-corrected chi connectivity index (χ0v) is 11.3. The van der Waals surface area contributed by atoms with E-state index in [0.717, 1.165) is 25.0 Å². The number of piperidine rings is 1. The van der Waals surface area contributed by atoms with Crippen molar-refractivity contribution in [3.63, 3.8) is 0 Å². The van der Waals surface area contributed by atoms with Crippen LogP contribution in [0.4, 0.5) is 0 Å². The maximum atomic E-state index is 5.05.